The lowest BCUT2D eigenvalue weighted by molar-refractivity contribution is -0.128. The highest BCUT2D eigenvalue weighted by atomic mass is 16.4. The minimum atomic E-state index is -1.32. The first kappa shape index (κ1) is 15.5. The number of β-amino-alcohol motifs (C(OH)–C–C–N with tert-alkyl or cyclic N) is 1. The molecule has 116 valence electrons. The topological polar surface area (TPSA) is 103 Å². The van der Waals surface area contributed by atoms with Gasteiger partial charge in [-0.25, -0.2) is 0 Å². The summed E-state index contributed by atoms with van der Waals surface area (Å²) in [4.78, 5) is 25.7. The molecule has 1 fully saturated rings. The molecule has 3 atom stereocenters. The predicted molar refractivity (Wildman–Crippen MR) is 73.6 cm³/mol. The Bertz CT molecular complexity index is 539. The van der Waals surface area contributed by atoms with Gasteiger partial charge in [0.25, 0.3) is 5.91 Å². The summed E-state index contributed by atoms with van der Waals surface area (Å²) >= 11 is 0. The molecule has 0 radical (unpaired) electrons. The summed E-state index contributed by atoms with van der Waals surface area (Å²) in [6, 6.07) is 1.89. The largest absolute Gasteiger partial charge is 0.456 e. The summed E-state index contributed by atoms with van der Waals surface area (Å²) in [6.45, 7) is 5.14. The number of aliphatic hydroxyl groups is 2. The zero-order chi connectivity index (χ0) is 15.7. The van der Waals surface area contributed by atoms with Crippen molar-refractivity contribution in [3.8, 4) is 0 Å². The number of nitrogens with zero attached hydrogens (tertiary/aromatic N) is 1. The molecule has 2 amide bonds. The van der Waals surface area contributed by atoms with Crippen molar-refractivity contribution in [3.63, 3.8) is 0 Å². The van der Waals surface area contributed by atoms with E-state index in [1.54, 1.807) is 26.8 Å². The van der Waals surface area contributed by atoms with E-state index >= 15 is 0 Å². The molecule has 0 saturated carbocycles. The van der Waals surface area contributed by atoms with Gasteiger partial charge in [0.2, 0.25) is 5.91 Å². The summed E-state index contributed by atoms with van der Waals surface area (Å²) in [6.07, 6.45) is -2.48. The standard InChI is InChI=1S/C14H20N2O5/c1-7(2)15-13(19)11-12(18)9(17)6-16(11)14(20)10-5-4-8(3)21-10/h4-5,7,9,11-12,17-18H,6H2,1-3H3,(H,15,19)/t9-,11?,12+/m0/s1. The number of nitrogens with one attached hydrogen (secondary N) is 1. The number of carbonyl (C=O) groups excluding carboxylic acids is 2. The summed E-state index contributed by atoms with van der Waals surface area (Å²) in [7, 11) is 0. The van der Waals surface area contributed by atoms with Crippen molar-refractivity contribution in [2.75, 3.05) is 6.54 Å². The average molecular weight is 296 g/mol. The lowest BCUT2D eigenvalue weighted by atomic mass is 10.1. The molecule has 21 heavy (non-hydrogen) atoms. The van der Waals surface area contributed by atoms with Gasteiger partial charge >= 0.3 is 0 Å². The first-order valence-corrected chi connectivity index (χ1v) is 6.85. The summed E-state index contributed by atoms with van der Waals surface area (Å²) in [5, 5.41) is 22.4. The van der Waals surface area contributed by atoms with Crippen LogP contribution in [0.4, 0.5) is 0 Å². The maximum Gasteiger partial charge on any atom is 0.290 e. The normalized spacial score (nSPS) is 25.4. The molecule has 1 unspecified atom stereocenters. The lowest BCUT2D eigenvalue weighted by Gasteiger charge is -2.25. The molecule has 7 nitrogen and oxygen atoms in total. The third kappa shape index (κ3) is 3.08. The van der Waals surface area contributed by atoms with Crippen LogP contribution in [-0.2, 0) is 4.79 Å². The molecule has 1 aliphatic rings. The summed E-state index contributed by atoms with van der Waals surface area (Å²) in [5.41, 5.74) is 0. The number of hydrogen-bond donors (Lipinski definition) is 3. The van der Waals surface area contributed by atoms with Crippen molar-refractivity contribution in [1.29, 1.82) is 0 Å². The van der Waals surface area contributed by atoms with Crippen LogP contribution in [0.1, 0.15) is 30.2 Å². The quantitative estimate of drug-likeness (QED) is 0.708. The second-order valence-electron chi connectivity index (χ2n) is 5.53. The Morgan fingerprint density at radius 2 is 2.05 bits per heavy atom. The predicted octanol–water partition coefficient (Wildman–Crippen LogP) is -0.341. The van der Waals surface area contributed by atoms with E-state index in [0.29, 0.717) is 5.76 Å². The van der Waals surface area contributed by atoms with Crippen molar-refractivity contribution in [3.05, 3.63) is 23.7 Å². The van der Waals surface area contributed by atoms with Gasteiger partial charge in [0.1, 0.15) is 24.0 Å². The van der Waals surface area contributed by atoms with Crippen molar-refractivity contribution in [1.82, 2.24) is 10.2 Å². The van der Waals surface area contributed by atoms with Gasteiger partial charge in [-0.2, -0.15) is 0 Å². The fourth-order valence-electron chi connectivity index (χ4n) is 2.38. The lowest BCUT2D eigenvalue weighted by Crippen LogP contribution is -2.51. The van der Waals surface area contributed by atoms with Gasteiger partial charge in [0, 0.05) is 6.04 Å². The van der Waals surface area contributed by atoms with E-state index in [9.17, 15) is 19.8 Å². The Kier molecular flexibility index (Phi) is 4.34. The number of furan rings is 1. The van der Waals surface area contributed by atoms with Crippen molar-refractivity contribution < 1.29 is 24.2 Å². The van der Waals surface area contributed by atoms with Crippen LogP contribution in [0, 0.1) is 6.92 Å². The second-order valence-corrected chi connectivity index (χ2v) is 5.53. The van der Waals surface area contributed by atoms with E-state index in [1.807, 2.05) is 0 Å². The van der Waals surface area contributed by atoms with Crippen LogP contribution in [0.3, 0.4) is 0 Å². The van der Waals surface area contributed by atoms with Crippen LogP contribution in [0.5, 0.6) is 0 Å². The van der Waals surface area contributed by atoms with E-state index in [4.69, 9.17) is 4.42 Å². The van der Waals surface area contributed by atoms with Crippen molar-refractivity contribution in [2.24, 2.45) is 0 Å². The molecule has 0 spiro atoms. The molecule has 1 aliphatic heterocycles. The molecule has 2 heterocycles. The van der Waals surface area contributed by atoms with Crippen molar-refractivity contribution in [2.45, 2.75) is 45.1 Å². The molecule has 3 N–H and O–H groups in total. The zero-order valence-corrected chi connectivity index (χ0v) is 12.2. The smallest absolute Gasteiger partial charge is 0.290 e. The van der Waals surface area contributed by atoms with Crippen LogP contribution in [0.15, 0.2) is 16.5 Å². The highest BCUT2D eigenvalue weighted by molar-refractivity contribution is 5.96. The van der Waals surface area contributed by atoms with Gasteiger partial charge in [-0.3, -0.25) is 9.59 Å². The molecule has 0 aromatic carbocycles. The Morgan fingerprint density at radius 3 is 2.57 bits per heavy atom. The van der Waals surface area contributed by atoms with E-state index in [1.165, 1.54) is 6.07 Å². The second kappa shape index (κ2) is 5.87. The number of aryl methyl sites for hydroxylation is 1. The molecule has 2 rings (SSSR count). The number of carbonyl (C=O) groups is 2. The molecular formula is C14H20N2O5. The van der Waals surface area contributed by atoms with E-state index in [-0.39, 0.29) is 18.3 Å². The fraction of sp³-hybridized carbons (Fsp3) is 0.571. The molecule has 1 aromatic rings. The van der Waals surface area contributed by atoms with Crippen LogP contribution >= 0.6 is 0 Å². The Morgan fingerprint density at radius 1 is 1.38 bits per heavy atom. The zero-order valence-electron chi connectivity index (χ0n) is 12.2. The molecule has 1 aromatic heterocycles. The minimum Gasteiger partial charge on any atom is -0.456 e. The third-order valence-electron chi connectivity index (χ3n) is 3.35. The molecular weight excluding hydrogens is 276 g/mol. The van der Waals surface area contributed by atoms with Crippen molar-refractivity contribution >= 4 is 11.8 Å². The Hall–Kier alpha value is -1.86. The number of aliphatic hydroxyl groups excluding tert-OH is 2. The summed E-state index contributed by atoms with van der Waals surface area (Å²) in [5.74, 6) is -0.369. The minimum absolute atomic E-state index is 0.0798. The molecule has 7 heteroatoms. The number of hydrogen-bond acceptors (Lipinski definition) is 5. The highest BCUT2D eigenvalue weighted by Crippen LogP contribution is 2.22. The van der Waals surface area contributed by atoms with Gasteiger partial charge in [0.15, 0.2) is 5.76 Å². The van der Waals surface area contributed by atoms with E-state index in [2.05, 4.69) is 5.32 Å². The maximum atomic E-state index is 12.4. The molecule has 0 aliphatic carbocycles. The van der Waals surface area contributed by atoms with Crippen LogP contribution in [0.2, 0.25) is 0 Å². The third-order valence-corrected chi connectivity index (χ3v) is 3.35. The monoisotopic (exact) mass is 296 g/mol. The average Bonchev–Trinajstić information content (AvgIpc) is 2.93. The van der Waals surface area contributed by atoms with Crippen LogP contribution < -0.4 is 5.32 Å². The van der Waals surface area contributed by atoms with Gasteiger partial charge in [-0.05, 0) is 32.9 Å². The molecule has 1 saturated heterocycles. The molecule has 0 bridgehead atoms. The number of rotatable bonds is 3. The van der Waals surface area contributed by atoms with Gasteiger partial charge in [-0.1, -0.05) is 0 Å². The van der Waals surface area contributed by atoms with E-state index in [0.717, 1.165) is 4.90 Å². The Balaban J connectivity index is 2.23. The Labute approximate surface area is 122 Å². The first-order chi connectivity index (χ1) is 9.81. The van der Waals surface area contributed by atoms with Crippen LogP contribution in [0.25, 0.3) is 0 Å². The van der Waals surface area contributed by atoms with E-state index < -0.39 is 30.1 Å². The van der Waals surface area contributed by atoms with Gasteiger partial charge in [0.05, 0.1) is 6.54 Å². The fourth-order valence-corrected chi connectivity index (χ4v) is 2.38. The van der Waals surface area contributed by atoms with Gasteiger partial charge < -0.3 is 24.8 Å². The van der Waals surface area contributed by atoms with Gasteiger partial charge in [-0.15, -0.1) is 0 Å². The number of likely N-dealkylation sites (tertiary alicyclic amines) is 1. The summed E-state index contributed by atoms with van der Waals surface area (Å²) < 4.78 is 5.25. The first-order valence-electron chi connectivity index (χ1n) is 6.85. The SMILES string of the molecule is Cc1ccc(C(=O)N2C[C@H](O)[C@@H](O)C2C(=O)NC(C)C)o1. The van der Waals surface area contributed by atoms with Crippen LogP contribution in [-0.4, -0.2) is 57.8 Å². The highest BCUT2D eigenvalue weighted by Gasteiger charge is 2.47. The number of amides is 2. The maximum absolute atomic E-state index is 12.4.